The number of nitriles is 2. The summed E-state index contributed by atoms with van der Waals surface area (Å²) in [5.74, 6) is -0.977. The fraction of sp³-hybridized carbons (Fsp3) is 0.227. The van der Waals surface area contributed by atoms with E-state index in [9.17, 15) is 14.9 Å². The molecule has 30 heavy (non-hydrogen) atoms. The molecule has 1 N–H and O–H groups in total. The minimum atomic E-state index is -0.537. The maximum atomic E-state index is 12.4. The van der Waals surface area contributed by atoms with Gasteiger partial charge in [-0.15, -0.1) is 0 Å². The van der Waals surface area contributed by atoms with Crippen molar-refractivity contribution in [1.29, 1.82) is 10.5 Å². The minimum absolute atomic E-state index is 0.0284. The van der Waals surface area contributed by atoms with Crippen molar-refractivity contribution in [1.82, 2.24) is 5.32 Å². The number of allylic oxidation sites excluding steroid dienone is 2. The number of anilines is 1. The summed E-state index contributed by atoms with van der Waals surface area (Å²) in [6.07, 6.45) is 0. The van der Waals surface area contributed by atoms with Gasteiger partial charge in [-0.3, -0.25) is 4.79 Å². The quantitative estimate of drug-likeness (QED) is 0.325. The lowest BCUT2D eigenvalue weighted by atomic mass is 10.0. The van der Waals surface area contributed by atoms with Crippen LogP contribution in [0, 0.1) is 29.2 Å². The lowest BCUT2D eigenvalue weighted by molar-refractivity contribution is -0.138. The number of amides is 1. The Hall–Kier alpha value is -4.35. The number of ether oxygens (including phenoxy) is 1. The second-order valence-corrected chi connectivity index (χ2v) is 6.31. The third-order valence-corrected chi connectivity index (χ3v) is 4.38. The van der Waals surface area contributed by atoms with Gasteiger partial charge in [-0.1, -0.05) is 18.7 Å². The van der Waals surface area contributed by atoms with Crippen LogP contribution in [-0.2, 0) is 14.3 Å². The maximum Gasteiger partial charge on any atom is 0.333 e. The van der Waals surface area contributed by atoms with Crippen LogP contribution in [0.3, 0.4) is 0 Å². The van der Waals surface area contributed by atoms with E-state index >= 15 is 0 Å². The van der Waals surface area contributed by atoms with Crippen LogP contribution >= 0.6 is 0 Å². The second kappa shape index (κ2) is 9.73. The number of carbonyl (C=O) groups is 2. The summed E-state index contributed by atoms with van der Waals surface area (Å²) in [4.78, 5) is 28.9. The molecule has 1 aliphatic rings. The predicted molar refractivity (Wildman–Crippen MR) is 110 cm³/mol. The van der Waals surface area contributed by atoms with E-state index in [1.54, 1.807) is 37.3 Å². The van der Waals surface area contributed by atoms with Crippen LogP contribution in [0.4, 0.5) is 5.69 Å². The average molecular weight is 401 g/mol. The monoisotopic (exact) mass is 401 g/mol. The van der Waals surface area contributed by atoms with E-state index in [1.807, 2.05) is 17.9 Å². The normalized spacial score (nSPS) is 14.2. The molecule has 1 aromatic rings. The Morgan fingerprint density at radius 3 is 2.50 bits per heavy atom. The molecule has 1 aliphatic heterocycles. The van der Waals surface area contributed by atoms with Gasteiger partial charge in [0.2, 0.25) is 0 Å². The number of nitrogens with zero attached hydrogens (tertiary/aromatic N) is 4. The Morgan fingerprint density at radius 1 is 1.33 bits per heavy atom. The van der Waals surface area contributed by atoms with E-state index in [2.05, 4.69) is 16.7 Å². The van der Waals surface area contributed by atoms with Crippen molar-refractivity contribution >= 4 is 23.1 Å². The first kappa shape index (κ1) is 21.9. The van der Waals surface area contributed by atoms with Crippen molar-refractivity contribution in [3.63, 3.8) is 0 Å². The van der Waals surface area contributed by atoms with Gasteiger partial charge in [0.1, 0.15) is 12.7 Å². The molecule has 0 saturated heterocycles. The summed E-state index contributed by atoms with van der Waals surface area (Å²) >= 11 is 0. The van der Waals surface area contributed by atoms with E-state index in [4.69, 9.17) is 16.6 Å². The van der Waals surface area contributed by atoms with E-state index in [1.165, 1.54) is 0 Å². The van der Waals surface area contributed by atoms with Crippen molar-refractivity contribution in [3.05, 3.63) is 70.4 Å². The Morgan fingerprint density at radius 2 is 2.00 bits per heavy atom. The summed E-state index contributed by atoms with van der Waals surface area (Å²) < 4.78 is 5.13. The highest BCUT2D eigenvalue weighted by Crippen LogP contribution is 2.31. The number of nitrogens with one attached hydrogen (secondary N) is 1. The van der Waals surface area contributed by atoms with E-state index < -0.39 is 11.9 Å². The van der Waals surface area contributed by atoms with Crippen LogP contribution in [-0.4, -0.2) is 31.6 Å². The summed E-state index contributed by atoms with van der Waals surface area (Å²) in [7, 11) is 0. The molecule has 0 atom stereocenters. The Kier molecular flexibility index (Phi) is 7.11. The first-order chi connectivity index (χ1) is 14.4. The number of hydrogen-bond donors (Lipinski definition) is 1. The van der Waals surface area contributed by atoms with Gasteiger partial charge in [0.15, 0.2) is 0 Å². The molecule has 0 bridgehead atoms. The van der Waals surface area contributed by atoms with Crippen molar-refractivity contribution in [2.75, 3.05) is 24.6 Å². The molecule has 0 saturated carbocycles. The van der Waals surface area contributed by atoms with Crippen molar-refractivity contribution < 1.29 is 14.3 Å². The van der Waals surface area contributed by atoms with Crippen LogP contribution in [0.5, 0.6) is 0 Å². The number of likely N-dealkylation sites (N-methyl/N-ethyl adjacent to an activating group) is 1. The van der Waals surface area contributed by atoms with Gasteiger partial charge >= 0.3 is 5.97 Å². The second-order valence-electron chi connectivity index (χ2n) is 6.31. The topological polar surface area (TPSA) is 111 Å². The maximum absolute atomic E-state index is 12.4. The molecule has 0 fully saturated rings. The molecule has 8 nitrogen and oxygen atoms in total. The van der Waals surface area contributed by atoms with Gasteiger partial charge < -0.3 is 15.0 Å². The number of esters is 1. The van der Waals surface area contributed by atoms with Crippen molar-refractivity contribution in [3.8, 4) is 12.1 Å². The average Bonchev–Trinajstić information content (AvgIpc) is 3.08. The standard InChI is InChI=1S/C22H19N5O3/c1-5-27(10-11-30-22(29)14(2)3)16-8-6-15(7-9-16)19-17(12-23)20(26-21(19)28)18(13-24)25-4/h6-9H,2,5,10-11H2,1,3H3,(H,26,28)/b20-18-. The van der Waals surface area contributed by atoms with Crippen molar-refractivity contribution in [2.45, 2.75) is 13.8 Å². The molecular formula is C22H19N5O3. The number of carbonyl (C=O) groups excluding carboxylic acids is 2. The highest BCUT2D eigenvalue weighted by Gasteiger charge is 2.31. The van der Waals surface area contributed by atoms with E-state index in [-0.39, 0.29) is 29.1 Å². The smallest absolute Gasteiger partial charge is 0.333 e. The molecule has 1 heterocycles. The van der Waals surface area contributed by atoms with Crippen LogP contribution in [0.25, 0.3) is 10.4 Å². The molecule has 0 radical (unpaired) electrons. The van der Waals surface area contributed by atoms with Crippen LogP contribution in [0.2, 0.25) is 0 Å². The molecule has 1 aromatic carbocycles. The summed E-state index contributed by atoms with van der Waals surface area (Å²) in [6, 6.07) is 10.6. The van der Waals surface area contributed by atoms with Gasteiger partial charge in [-0.25, -0.2) is 14.9 Å². The van der Waals surface area contributed by atoms with Gasteiger partial charge in [-0.2, -0.15) is 5.26 Å². The van der Waals surface area contributed by atoms with Crippen molar-refractivity contribution in [2.24, 2.45) is 0 Å². The van der Waals surface area contributed by atoms with Gasteiger partial charge in [0, 0.05) is 17.8 Å². The first-order valence-corrected chi connectivity index (χ1v) is 9.03. The fourth-order valence-corrected chi connectivity index (χ4v) is 2.86. The van der Waals surface area contributed by atoms with Crippen LogP contribution in [0.15, 0.2) is 53.4 Å². The number of benzene rings is 1. The van der Waals surface area contributed by atoms with Crippen LogP contribution < -0.4 is 10.2 Å². The SMILES string of the molecule is [C-]#[N+]/C(C#N)=C1\NC(=O)C(c2ccc(N(CC)CCOC(=O)C(=C)C)cc2)=C1C#N. The van der Waals surface area contributed by atoms with Gasteiger partial charge in [-0.05, 0) is 31.5 Å². The molecule has 150 valence electrons. The minimum Gasteiger partial charge on any atom is -0.460 e. The first-order valence-electron chi connectivity index (χ1n) is 9.03. The fourth-order valence-electron chi connectivity index (χ4n) is 2.86. The summed E-state index contributed by atoms with van der Waals surface area (Å²) in [6.45, 7) is 15.5. The predicted octanol–water partition coefficient (Wildman–Crippen LogP) is 2.69. The third kappa shape index (κ3) is 4.55. The molecule has 8 heteroatoms. The zero-order chi connectivity index (χ0) is 22.3. The molecule has 2 rings (SSSR count). The highest BCUT2D eigenvalue weighted by molar-refractivity contribution is 6.26. The van der Waals surface area contributed by atoms with Gasteiger partial charge in [0.25, 0.3) is 11.6 Å². The lowest BCUT2D eigenvalue weighted by Crippen LogP contribution is -2.28. The molecule has 0 aromatic heterocycles. The van der Waals surface area contributed by atoms with E-state index in [0.29, 0.717) is 24.2 Å². The Labute approximate surface area is 174 Å². The largest absolute Gasteiger partial charge is 0.460 e. The summed E-state index contributed by atoms with van der Waals surface area (Å²) in [5.41, 5.74) is 1.37. The van der Waals surface area contributed by atoms with Gasteiger partial charge in [0.05, 0.1) is 36.0 Å². The molecule has 0 unspecified atom stereocenters. The zero-order valence-electron chi connectivity index (χ0n) is 16.7. The Bertz CT molecular complexity index is 1060. The zero-order valence-corrected chi connectivity index (χ0v) is 16.7. The van der Waals surface area contributed by atoms with Crippen LogP contribution in [0.1, 0.15) is 19.4 Å². The highest BCUT2D eigenvalue weighted by atomic mass is 16.5. The lowest BCUT2D eigenvalue weighted by Gasteiger charge is -2.23. The van der Waals surface area contributed by atoms with E-state index in [0.717, 1.165) is 5.69 Å². The molecule has 0 spiro atoms. The molecule has 1 amide bonds. The molecular weight excluding hydrogens is 382 g/mol. The number of hydrogen-bond acceptors (Lipinski definition) is 6. The molecule has 0 aliphatic carbocycles. The summed E-state index contributed by atoms with van der Waals surface area (Å²) in [5, 5.41) is 21.0. The third-order valence-electron chi connectivity index (χ3n) is 4.38. The Balaban J connectivity index is 2.28. The number of rotatable bonds is 7.